The molecule has 6 heteroatoms. The van der Waals surface area contributed by atoms with Crippen molar-refractivity contribution in [3.63, 3.8) is 0 Å². The third kappa shape index (κ3) is 3.35. The molecule has 1 aliphatic heterocycles. The standard InChI is InChI=1S/C22H22ClN3O2/c23-16-4-3-5-18(14-16)28-17-9-12-25(13-10-17)22(27)20-19-6-1-2-11-26(19)21(24-20)15-7-8-15/h1-6,11,14-15,17H,7-10,12-13H2. The van der Waals surface area contributed by atoms with Crippen LogP contribution in [-0.4, -0.2) is 39.4 Å². The summed E-state index contributed by atoms with van der Waals surface area (Å²) in [6.07, 6.45) is 6.04. The van der Waals surface area contributed by atoms with Gasteiger partial charge in [-0.15, -0.1) is 0 Å². The van der Waals surface area contributed by atoms with Gasteiger partial charge in [-0.3, -0.25) is 4.79 Å². The van der Waals surface area contributed by atoms with Gasteiger partial charge in [0.15, 0.2) is 5.69 Å². The topological polar surface area (TPSA) is 46.8 Å². The molecule has 28 heavy (non-hydrogen) atoms. The second-order valence-electron chi connectivity index (χ2n) is 7.62. The molecule has 0 N–H and O–H groups in total. The minimum absolute atomic E-state index is 0.0248. The summed E-state index contributed by atoms with van der Waals surface area (Å²) in [6.45, 7) is 1.35. The second-order valence-corrected chi connectivity index (χ2v) is 8.05. The molecule has 3 aromatic rings. The molecule has 144 valence electrons. The van der Waals surface area contributed by atoms with Gasteiger partial charge in [0.25, 0.3) is 5.91 Å². The number of fused-ring (bicyclic) bond motifs is 1. The summed E-state index contributed by atoms with van der Waals surface area (Å²) in [4.78, 5) is 19.8. The van der Waals surface area contributed by atoms with E-state index in [4.69, 9.17) is 21.3 Å². The Labute approximate surface area is 168 Å². The number of carbonyl (C=O) groups excluding carboxylic acids is 1. The molecule has 1 saturated heterocycles. The largest absolute Gasteiger partial charge is 0.490 e. The van der Waals surface area contributed by atoms with Gasteiger partial charge in [-0.25, -0.2) is 4.98 Å². The third-order valence-electron chi connectivity index (χ3n) is 5.55. The summed E-state index contributed by atoms with van der Waals surface area (Å²) >= 11 is 6.03. The average Bonchev–Trinajstić information content (AvgIpc) is 3.48. The van der Waals surface area contributed by atoms with Gasteiger partial charge in [0, 0.05) is 43.1 Å². The van der Waals surface area contributed by atoms with Crippen LogP contribution < -0.4 is 4.74 Å². The number of piperidine rings is 1. The quantitative estimate of drug-likeness (QED) is 0.651. The lowest BCUT2D eigenvalue weighted by molar-refractivity contribution is 0.0592. The maximum atomic E-state index is 13.2. The van der Waals surface area contributed by atoms with Crippen LogP contribution in [0.2, 0.25) is 5.02 Å². The third-order valence-corrected chi connectivity index (χ3v) is 5.78. The smallest absolute Gasteiger partial charge is 0.274 e. The van der Waals surface area contributed by atoms with Crippen molar-refractivity contribution in [3.8, 4) is 5.75 Å². The Bertz CT molecular complexity index is 1020. The molecule has 2 aliphatic rings. The number of hydrogen-bond donors (Lipinski definition) is 0. The Morgan fingerprint density at radius 2 is 1.89 bits per heavy atom. The first kappa shape index (κ1) is 17.6. The molecule has 1 aromatic carbocycles. The molecule has 5 rings (SSSR count). The summed E-state index contributed by atoms with van der Waals surface area (Å²) in [5.41, 5.74) is 1.49. The highest BCUT2D eigenvalue weighted by Crippen LogP contribution is 2.40. The first-order chi connectivity index (χ1) is 13.7. The number of nitrogens with zero attached hydrogens (tertiary/aromatic N) is 3. The molecule has 0 unspecified atom stereocenters. The lowest BCUT2D eigenvalue weighted by Crippen LogP contribution is -2.42. The van der Waals surface area contributed by atoms with Crippen LogP contribution >= 0.6 is 11.6 Å². The summed E-state index contributed by atoms with van der Waals surface area (Å²) in [6, 6.07) is 13.4. The van der Waals surface area contributed by atoms with Crippen LogP contribution in [0.5, 0.6) is 5.75 Å². The van der Waals surface area contributed by atoms with Gasteiger partial charge in [-0.05, 0) is 43.2 Å². The fourth-order valence-corrected chi connectivity index (χ4v) is 4.09. The lowest BCUT2D eigenvalue weighted by Gasteiger charge is -2.32. The van der Waals surface area contributed by atoms with E-state index in [1.807, 2.05) is 53.6 Å². The van der Waals surface area contributed by atoms with Crippen LogP contribution in [0.25, 0.3) is 5.52 Å². The molecule has 3 heterocycles. The zero-order valence-electron chi connectivity index (χ0n) is 15.6. The van der Waals surface area contributed by atoms with Crippen molar-refractivity contribution in [3.05, 3.63) is 65.2 Å². The number of aromatic nitrogens is 2. The van der Waals surface area contributed by atoms with Crippen LogP contribution in [0, 0.1) is 0 Å². The minimum atomic E-state index is 0.0248. The lowest BCUT2D eigenvalue weighted by atomic mass is 10.1. The first-order valence-electron chi connectivity index (χ1n) is 9.87. The number of hydrogen-bond acceptors (Lipinski definition) is 3. The molecule has 1 saturated carbocycles. The molecule has 5 nitrogen and oxygen atoms in total. The Morgan fingerprint density at radius 3 is 2.64 bits per heavy atom. The summed E-state index contributed by atoms with van der Waals surface area (Å²) < 4.78 is 8.13. The van der Waals surface area contributed by atoms with Crippen molar-refractivity contribution in [2.24, 2.45) is 0 Å². The normalized spacial score (nSPS) is 17.8. The SMILES string of the molecule is O=C(c1nc(C2CC2)n2ccccc12)N1CCC(Oc2cccc(Cl)c2)CC1. The number of imidazole rings is 1. The number of ether oxygens (including phenoxy) is 1. The minimum Gasteiger partial charge on any atom is -0.490 e. The number of benzene rings is 1. The van der Waals surface area contributed by atoms with Crippen molar-refractivity contribution in [2.45, 2.75) is 37.7 Å². The summed E-state index contributed by atoms with van der Waals surface area (Å²) in [5.74, 6) is 2.33. The second kappa shape index (κ2) is 7.13. The van der Waals surface area contributed by atoms with E-state index in [9.17, 15) is 4.79 Å². The van der Waals surface area contributed by atoms with E-state index >= 15 is 0 Å². The van der Waals surface area contributed by atoms with Gasteiger partial charge in [0.05, 0.1) is 5.52 Å². The van der Waals surface area contributed by atoms with E-state index in [-0.39, 0.29) is 12.0 Å². The van der Waals surface area contributed by atoms with Gasteiger partial charge in [-0.1, -0.05) is 23.7 Å². The predicted molar refractivity (Wildman–Crippen MR) is 108 cm³/mol. The highest BCUT2D eigenvalue weighted by molar-refractivity contribution is 6.30. The zero-order chi connectivity index (χ0) is 19.1. The fourth-order valence-electron chi connectivity index (χ4n) is 3.91. The van der Waals surface area contributed by atoms with Crippen LogP contribution in [0.4, 0.5) is 0 Å². The molecule has 1 amide bonds. The maximum absolute atomic E-state index is 13.2. The number of likely N-dealkylation sites (tertiary alicyclic amines) is 1. The van der Waals surface area contributed by atoms with Crippen LogP contribution in [0.15, 0.2) is 48.7 Å². The van der Waals surface area contributed by atoms with Crippen molar-refractivity contribution in [2.75, 3.05) is 13.1 Å². The molecule has 0 bridgehead atoms. The molecule has 0 spiro atoms. The van der Waals surface area contributed by atoms with Gasteiger partial charge in [0.1, 0.15) is 17.7 Å². The van der Waals surface area contributed by atoms with E-state index in [1.54, 1.807) is 0 Å². The van der Waals surface area contributed by atoms with E-state index in [0.29, 0.717) is 29.7 Å². The highest BCUT2D eigenvalue weighted by atomic mass is 35.5. The Morgan fingerprint density at radius 1 is 1.07 bits per heavy atom. The number of pyridine rings is 1. The van der Waals surface area contributed by atoms with E-state index in [1.165, 1.54) is 0 Å². The molecule has 2 fully saturated rings. The molecule has 1 aliphatic carbocycles. The monoisotopic (exact) mass is 395 g/mol. The molecular weight excluding hydrogens is 374 g/mol. The van der Waals surface area contributed by atoms with Crippen LogP contribution in [0.3, 0.4) is 0 Å². The molecular formula is C22H22ClN3O2. The Balaban J connectivity index is 1.29. The van der Waals surface area contributed by atoms with Crippen molar-refractivity contribution in [1.29, 1.82) is 0 Å². The number of amides is 1. The van der Waals surface area contributed by atoms with E-state index < -0.39 is 0 Å². The fraction of sp³-hybridized carbons (Fsp3) is 0.364. The maximum Gasteiger partial charge on any atom is 0.274 e. The first-order valence-corrected chi connectivity index (χ1v) is 10.3. The highest BCUT2D eigenvalue weighted by Gasteiger charge is 2.32. The Kier molecular flexibility index (Phi) is 4.47. The average molecular weight is 396 g/mol. The van der Waals surface area contributed by atoms with Crippen molar-refractivity contribution in [1.82, 2.24) is 14.3 Å². The predicted octanol–water partition coefficient (Wildman–Crippen LogP) is 4.55. The number of halogens is 1. The van der Waals surface area contributed by atoms with E-state index in [2.05, 4.69) is 4.40 Å². The molecule has 0 radical (unpaired) electrons. The van der Waals surface area contributed by atoms with Gasteiger partial charge >= 0.3 is 0 Å². The number of rotatable bonds is 4. The zero-order valence-corrected chi connectivity index (χ0v) is 16.3. The van der Waals surface area contributed by atoms with Crippen LogP contribution in [0.1, 0.15) is 47.9 Å². The van der Waals surface area contributed by atoms with Crippen molar-refractivity contribution >= 4 is 23.0 Å². The Hall–Kier alpha value is -2.53. The summed E-state index contributed by atoms with van der Waals surface area (Å²) in [5, 5.41) is 0.670. The van der Waals surface area contributed by atoms with Gasteiger partial charge in [0.2, 0.25) is 0 Å². The van der Waals surface area contributed by atoms with Gasteiger partial charge < -0.3 is 14.0 Å². The molecule has 0 atom stereocenters. The van der Waals surface area contributed by atoms with Crippen molar-refractivity contribution < 1.29 is 9.53 Å². The molecule has 2 aromatic heterocycles. The van der Waals surface area contributed by atoms with Gasteiger partial charge in [-0.2, -0.15) is 0 Å². The van der Waals surface area contributed by atoms with Crippen LogP contribution in [-0.2, 0) is 0 Å². The number of carbonyl (C=O) groups is 1. The summed E-state index contributed by atoms with van der Waals surface area (Å²) in [7, 11) is 0. The van der Waals surface area contributed by atoms with E-state index in [0.717, 1.165) is 42.8 Å².